The number of ether oxygens (including phenoxy) is 2. The molecule has 1 aromatic carbocycles. The van der Waals surface area contributed by atoms with Crippen molar-refractivity contribution in [2.75, 3.05) is 13.2 Å². The molecule has 0 N–H and O–H groups in total. The van der Waals surface area contributed by atoms with Gasteiger partial charge in [0.15, 0.2) is 0 Å². The third-order valence-corrected chi connectivity index (χ3v) is 2.10. The van der Waals surface area contributed by atoms with Gasteiger partial charge in [0, 0.05) is 12.1 Å². The van der Waals surface area contributed by atoms with E-state index in [1.807, 2.05) is 0 Å². The monoisotopic (exact) mass is 209 g/mol. The third kappa shape index (κ3) is 3.00. The van der Waals surface area contributed by atoms with E-state index in [0.29, 0.717) is 13.2 Å². The summed E-state index contributed by atoms with van der Waals surface area (Å²) in [5, 5.41) is 10.5. The highest BCUT2D eigenvalue weighted by atomic mass is 16.6. The normalized spacial score (nSPS) is 18.8. The molecular formula is C10H11NO4. The van der Waals surface area contributed by atoms with Gasteiger partial charge in [-0.1, -0.05) is 12.1 Å². The van der Waals surface area contributed by atoms with Gasteiger partial charge in [-0.3, -0.25) is 10.1 Å². The maximum Gasteiger partial charge on any atom is 0.269 e. The summed E-state index contributed by atoms with van der Waals surface area (Å²) >= 11 is 0. The molecule has 1 aliphatic heterocycles. The number of nitro groups is 1. The molecule has 1 unspecified atom stereocenters. The summed E-state index contributed by atoms with van der Waals surface area (Å²) in [5.41, 5.74) is 0.906. The Morgan fingerprint density at radius 2 is 2.40 bits per heavy atom. The number of hydrogen-bond acceptors (Lipinski definition) is 4. The first-order valence-corrected chi connectivity index (χ1v) is 4.68. The van der Waals surface area contributed by atoms with Crippen LogP contribution < -0.4 is 0 Å². The molecule has 80 valence electrons. The Morgan fingerprint density at radius 1 is 1.60 bits per heavy atom. The van der Waals surface area contributed by atoms with Crippen LogP contribution in [-0.4, -0.2) is 24.2 Å². The van der Waals surface area contributed by atoms with E-state index in [1.54, 1.807) is 12.1 Å². The van der Waals surface area contributed by atoms with Gasteiger partial charge in [-0.15, -0.1) is 0 Å². The van der Waals surface area contributed by atoms with Crippen LogP contribution in [0.3, 0.4) is 0 Å². The van der Waals surface area contributed by atoms with Crippen molar-refractivity contribution in [2.24, 2.45) is 0 Å². The molecule has 0 radical (unpaired) electrons. The van der Waals surface area contributed by atoms with Gasteiger partial charge < -0.3 is 9.47 Å². The highest BCUT2D eigenvalue weighted by Crippen LogP contribution is 2.15. The Balaban J connectivity index is 1.88. The fourth-order valence-corrected chi connectivity index (χ4v) is 1.23. The Morgan fingerprint density at radius 3 is 3.07 bits per heavy atom. The summed E-state index contributed by atoms with van der Waals surface area (Å²) in [7, 11) is 0. The number of nitro benzene ring substituents is 1. The molecule has 1 aromatic rings. The first-order valence-electron chi connectivity index (χ1n) is 4.68. The average molecular weight is 209 g/mol. The molecule has 1 aliphatic rings. The smallest absolute Gasteiger partial charge is 0.269 e. The molecule has 5 heteroatoms. The predicted molar refractivity (Wildman–Crippen MR) is 52.5 cm³/mol. The molecule has 1 heterocycles. The minimum Gasteiger partial charge on any atom is -0.374 e. The van der Waals surface area contributed by atoms with Crippen molar-refractivity contribution < 1.29 is 14.4 Å². The molecule has 2 rings (SSSR count). The van der Waals surface area contributed by atoms with Crippen LogP contribution in [0.4, 0.5) is 5.69 Å². The largest absolute Gasteiger partial charge is 0.374 e. The van der Waals surface area contributed by atoms with Crippen molar-refractivity contribution in [1.29, 1.82) is 0 Å². The van der Waals surface area contributed by atoms with Gasteiger partial charge in [-0.25, -0.2) is 0 Å². The third-order valence-electron chi connectivity index (χ3n) is 2.10. The number of epoxide rings is 1. The van der Waals surface area contributed by atoms with Crippen molar-refractivity contribution in [3.05, 3.63) is 39.9 Å². The van der Waals surface area contributed by atoms with Crippen LogP contribution in [0, 0.1) is 10.1 Å². The Bertz CT molecular complexity index is 362. The summed E-state index contributed by atoms with van der Waals surface area (Å²) in [6.45, 7) is 1.71. The van der Waals surface area contributed by atoms with E-state index in [2.05, 4.69) is 0 Å². The van der Waals surface area contributed by atoms with Gasteiger partial charge >= 0.3 is 0 Å². The maximum absolute atomic E-state index is 10.5. The van der Waals surface area contributed by atoms with Crippen LogP contribution in [0.2, 0.25) is 0 Å². The van der Waals surface area contributed by atoms with E-state index in [4.69, 9.17) is 9.47 Å². The molecule has 5 nitrogen and oxygen atoms in total. The molecule has 0 spiro atoms. The summed E-state index contributed by atoms with van der Waals surface area (Å²) in [5.74, 6) is 0. The molecule has 15 heavy (non-hydrogen) atoms. The Kier molecular flexibility index (Phi) is 2.94. The summed E-state index contributed by atoms with van der Waals surface area (Å²) in [6, 6.07) is 6.45. The molecule has 1 saturated heterocycles. The van der Waals surface area contributed by atoms with Crippen LogP contribution >= 0.6 is 0 Å². The number of rotatable bonds is 5. The van der Waals surface area contributed by atoms with Gasteiger partial charge in [0.05, 0.1) is 24.7 Å². The summed E-state index contributed by atoms with van der Waals surface area (Å²) in [4.78, 5) is 10.1. The first kappa shape index (κ1) is 10.1. The zero-order valence-electron chi connectivity index (χ0n) is 8.09. The standard InChI is InChI=1S/C10H11NO4/c12-11(13)9-3-1-2-8(4-9)5-14-6-10-7-15-10/h1-4,10H,5-7H2. The Labute approximate surface area is 86.8 Å². The van der Waals surface area contributed by atoms with E-state index in [1.165, 1.54) is 12.1 Å². The lowest BCUT2D eigenvalue weighted by molar-refractivity contribution is -0.384. The van der Waals surface area contributed by atoms with Gasteiger partial charge in [-0.05, 0) is 5.56 Å². The Hall–Kier alpha value is -1.46. The van der Waals surface area contributed by atoms with Gasteiger partial charge in [0.25, 0.3) is 5.69 Å². The van der Waals surface area contributed by atoms with E-state index in [-0.39, 0.29) is 11.8 Å². The zero-order chi connectivity index (χ0) is 10.7. The number of benzene rings is 1. The van der Waals surface area contributed by atoms with Crippen molar-refractivity contribution in [3.8, 4) is 0 Å². The van der Waals surface area contributed by atoms with E-state index in [0.717, 1.165) is 12.2 Å². The van der Waals surface area contributed by atoms with Crippen LogP contribution in [0.25, 0.3) is 0 Å². The highest BCUT2D eigenvalue weighted by molar-refractivity contribution is 5.33. The number of nitrogens with zero attached hydrogens (tertiary/aromatic N) is 1. The van der Waals surface area contributed by atoms with Crippen molar-refractivity contribution >= 4 is 5.69 Å². The van der Waals surface area contributed by atoms with E-state index < -0.39 is 4.92 Å². The molecule has 0 saturated carbocycles. The van der Waals surface area contributed by atoms with Crippen LogP contribution in [-0.2, 0) is 16.1 Å². The fourth-order valence-electron chi connectivity index (χ4n) is 1.23. The van der Waals surface area contributed by atoms with Gasteiger partial charge in [-0.2, -0.15) is 0 Å². The average Bonchev–Trinajstić information content (AvgIpc) is 3.02. The van der Waals surface area contributed by atoms with Crippen LogP contribution in [0.5, 0.6) is 0 Å². The van der Waals surface area contributed by atoms with Crippen LogP contribution in [0.1, 0.15) is 5.56 Å². The maximum atomic E-state index is 10.5. The molecule has 1 atom stereocenters. The second-order valence-corrected chi connectivity index (χ2v) is 3.40. The second-order valence-electron chi connectivity index (χ2n) is 3.40. The van der Waals surface area contributed by atoms with Crippen molar-refractivity contribution in [2.45, 2.75) is 12.7 Å². The lowest BCUT2D eigenvalue weighted by Gasteiger charge is -2.01. The van der Waals surface area contributed by atoms with Gasteiger partial charge in [0.2, 0.25) is 0 Å². The molecule has 0 aliphatic carbocycles. The molecule has 0 amide bonds. The molecule has 1 fully saturated rings. The molecule has 0 aromatic heterocycles. The van der Waals surface area contributed by atoms with Crippen LogP contribution in [0.15, 0.2) is 24.3 Å². The molecule has 0 bridgehead atoms. The SMILES string of the molecule is O=[N+]([O-])c1cccc(COCC2CO2)c1. The quantitative estimate of drug-likeness (QED) is 0.419. The highest BCUT2D eigenvalue weighted by Gasteiger charge is 2.22. The minimum absolute atomic E-state index is 0.0961. The topological polar surface area (TPSA) is 64.9 Å². The van der Waals surface area contributed by atoms with E-state index >= 15 is 0 Å². The fraction of sp³-hybridized carbons (Fsp3) is 0.400. The summed E-state index contributed by atoms with van der Waals surface area (Å²) in [6.07, 6.45) is 0.226. The summed E-state index contributed by atoms with van der Waals surface area (Å²) < 4.78 is 10.3. The van der Waals surface area contributed by atoms with E-state index in [9.17, 15) is 10.1 Å². The lowest BCUT2D eigenvalue weighted by atomic mass is 10.2. The lowest BCUT2D eigenvalue weighted by Crippen LogP contribution is -2.01. The van der Waals surface area contributed by atoms with Crippen molar-refractivity contribution in [1.82, 2.24) is 0 Å². The number of non-ortho nitro benzene ring substituents is 1. The van der Waals surface area contributed by atoms with Gasteiger partial charge in [0.1, 0.15) is 6.10 Å². The predicted octanol–water partition coefficient (Wildman–Crippen LogP) is 1.51. The second kappa shape index (κ2) is 4.37. The molecular weight excluding hydrogens is 198 g/mol. The number of hydrogen-bond donors (Lipinski definition) is 0. The minimum atomic E-state index is -0.409. The first-order chi connectivity index (χ1) is 7.25. The van der Waals surface area contributed by atoms with Crippen molar-refractivity contribution in [3.63, 3.8) is 0 Å². The zero-order valence-corrected chi connectivity index (χ0v) is 8.09.